The molecule has 1 aliphatic rings. The summed E-state index contributed by atoms with van der Waals surface area (Å²) in [4.78, 5) is 16.9. The number of rotatable bonds is 5. The Balaban J connectivity index is 1.54. The number of methoxy groups -OCH3 is 1. The van der Waals surface area contributed by atoms with Crippen molar-refractivity contribution in [3.05, 3.63) is 54.1 Å². The average Bonchev–Trinajstić information content (AvgIpc) is 3.33. The van der Waals surface area contributed by atoms with Gasteiger partial charge in [0.15, 0.2) is 5.82 Å². The number of nitrogens with zero attached hydrogens (tertiary/aromatic N) is 3. The molecule has 0 bridgehead atoms. The minimum Gasteiger partial charge on any atom is -0.496 e. The van der Waals surface area contributed by atoms with Crippen LogP contribution in [0.2, 0.25) is 0 Å². The summed E-state index contributed by atoms with van der Waals surface area (Å²) in [5.74, 6) is 0.867. The van der Waals surface area contributed by atoms with Gasteiger partial charge >= 0.3 is 0 Å². The van der Waals surface area contributed by atoms with Crippen LogP contribution in [0.15, 0.2) is 48.5 Å². The van der Waals surface area contributed by atoms with Crippen molar-refractivity contribution >= 4 is 27.6 Å². The van der Waals surface area contributed by atoms with E-state index in [1.807, 2.05) is 18.2 Å². The van der Waals surface area contributed by atoms with Crippen molar-refractivity contribution in [2.75, 3.05) is 29.0 Å². The van der Waals surface area contributed by atoms with Gasteiger partial charge < -0.3 is 4.74 Å². The molecule has 150 valence electrons. The molecule has 2 heterocycles. The number of hydrogen-bond donors (Lipinski definition) is 2. The van der Waals surface area contributed by atoms with Crippen LogP contribution in [0.3, 0.4) is 0 Å². The maximum atomic E-state index is 12.6. The van der Waals surface area contributed by atoms with E-state index >= 15 is 0 Å². The SMILES string of the molecule is COc1ccccc1-c1nc(NC(=O)c2cccc(N3CCCS3(=O)=O)c2)n[nH]1. The summed E-state index contributed by atoms with van der Waals surface area (Å²) in [6, 6.07) is 13.8. The van der Waals surface area contributed by atoms with E-state index in [9.17, 15) is 13.2 Å². The van der Waals surface area contributed by atoms with Crippen LogP contribution in [0.5, 0.6) is 5.75 Å². The van der Waals surface area contributed by atoms with Gasteiger partial charge in [0.05, 0.1) is 24.1 Å². The first-order valence-corrected chi connectivity index (χ1v) is 10.6. The molecule has 0 atom stereocenters. The van der Waals surface area contributed by atoms with Crippen LogP contribution in [0.25, 0.3) is 11.4 Å². The molecule has 2 aromatic carbocycles. The number of benzene rings is 2. The molecule has 0 unspecified atom stereocenters. The number of para-hydroxylation sites is 1. The minimum absolute atomic E-state index is 0.107. The topological polar surface area (TPSA) is 117 Å². The number of H-pyrrole nitrogens is 1. The minimum atomic E-state index is -3.32. The van der Waals surface area contributed by atoms with Gasteiger partial charge in [-0.3, -0.25) is 19.5 Å². The van der Waals surface area contributed by atoms with Crippen LogP contribution < -0.4 is 14.4 Å². The van der Waals surface area contributed by atoms with Crippen molar-refractivity contribution < 1.29 is 17.9 Å². The lowest BCUT2D eigenvalue weighted by molar-refractivity contribution is 0.102. The van der Waals surface area contributed by atoms with Crippen LogP contribution in [0.1, 0.15) is 16.8 Å². The maximum absolute atomic E-state index is 12.6. The molecule has 1 aliphatic heterocycles. The van der Waals surface area contributed by atoms with Gasteiger partial charge in [0.25, 0.3) is 5.91 Å². The molecule has 1 amide bonds. The summed E-state index contributed by atoms with van der Waals surface area (Å²) in [7, 11) is -1.75. The van der Waals surface area contributed by atoms with E-state index < -0.39 is 15.9 Å². The molecule has 1 saturated heterocycles. The number of nitrogens with one attached hydrogen (secondary N) is 2. The quantitative estimate of drug-likeness (QED) is 0.663. The van der Waals surface area contributed by atoms with Crippen molar-refractivity contribution in [1.82, 2.24) is 15.2 Å². The fourth-order valence-corrected chi connectivity index (χ4v) is 4.74. The number of carbonyl (C=O) groups excluding carboxylic acids is 1. The zero-order valence-electron chi connectivity index (χ0n) is 15.6. The first kappa shape index (κ1) is 18.9. The van der Waals surface area contributed by atoms with Gasteiger partial charge in [-0.2, -0.15) is 4.98 Å². The molecule has 0 spiro atoms. The zero-order valence-corrected chi connectivity index (χ0v) is 16.4. The van der Waals surface area contributed by atoms with Crippen molar-refractivity contribution in [3.63, 3.8) is 0 Å². The lowest BCUT2D eigenvalue weighted by Gasteiger charge is -2.17. The molecule has 1 aromatic heterocycles. The van der Waals surface area contributed by atoms with E-state index in [2.05, 4.69) is 20.5 Å². The van der Waals surface area contributed by atoms with E-state index in [1.165, 1.54) is 4.31 Å². The molecular weight excluding hydrogens is 394 g/mol. The normalized spacial score (nSPS) is 15.3. The number of anilines is 2. The Kier molecular flexibility index (Phi) is 4.93. The molecule has 3 aromatic rings. The number of hydrogen-bond acceptors (Lipinski definition) is 6. The van der Waals surface area contributed by atoms with Crippen LogP contribution in [-0.2, 0) is 10.0 Å². The Bertz CT molecular complexity index is 1160. The van der Waals surface area contributed by atoms with E-state index in [4.69, 9.17) is 4.74 Å². The largest absolute Gasteiger partial charge is 0.496 e. The van der Waals surface area contributed by atoms with Gasteiger partial charge in [-0.05, 0) is 36.8 Å². The third kappa shape index (κ3) is 3.79. The summed E-state index contributed by atoms with van der Waals surface area (Å²) < 4.78 is 30.9. The summed E-state index contributed by atoms with van der Waals surface area (Å²) in [5, 5.41) is 9.43. The molecule has 0 aliphatic carbocycles. The van der Waals surface area contributed by atoms with Gasteiger partial charge in [0.2, 0.25) is 16.0 Å². The van der Waals surface area contributed by atoms with Gasteiger partial charge in [-0.15, -0.1) is 5.10 Å². The number of ether oxygens (including phenoxy) is 1. The summed E-state index contributed by atoms with van der Waals surface area (Å²) >= 11 is 0. The standard InChI is InChI=1S/C19H19N5O4S/c1-28-16-9-3-2-8-15(16)17-20-19(23-22-17)21-18(25)13-6-4-7-14(12-13)24-10-5-11-29(24,26)27/h2-4,6-9,12H,5,10-11H2,1H3,(H2,20,21,22,23,25). The Hall–Kier alpha value is -3.40. The molecule has 29 heavy (non-hydrogen) atoms. The van der Waals surface area contributed by atoms with Crippen LogP contribution in [0.4, 0.5) is 11.6 Å². The Morgan fingerprint density at radius 3 is 2.79 bits per heavy atom. The summed E-state index contributed by atoms with van der Waals surface area (Å²) in [5.41, 5.74) is 1.50. The van der Waals surface area contributed by atoms with Gasteiger partial charge in [0.1, 0.15) is 5.75 Å². The van der Waals surface area contributed by atoms with Crippen LogP contribution in [0, 0.1) is 0 Å². The van der Waals surface area contributed by atoms with E-state index in [0.717, 1.165) is 0 Å². The Morgan fingerprint density at radius 2 is 2.03 bits per heavy atom. The fourth-order valence-electron chi connectivity index (χ4n) is 3.18. The third-order valence-electron chi connectivity index (χ3n) is 4.57. The lowest BCUT2D eigenvalue weighted by atomic mass is 10.2. The van der Waals surface area contributed by atoms with E-state index in [-0.39, 0.29) is 11.7 Å². The van der Waals surface area contributed by atoms with Crippen LogP contribution >= 0.6 is 0 Å². The van der Waals surface area contributed by atoms with Gasteiger partial charge in [0, 0.05) is 12.1 Å². The molecule has 9 nitrogen and oxygen atoms in total. The molecule has 4 rings (SSSR count). The highest BCUT2D eigenvalue weighted by molar-refractivity contribution is 7.93. The molecule has 0 saturated carbocycles. The van der Waals surface area contributed by atoms with Crippen molar-refractivity contribution in [2.24, 2.45) is 0 Å². The molecule has 10 heteroatoms. The van der Waals surface area contributed by atoms with Gasteiger partial charge in [-0.1, -0.05) is 18.2 Å². The summed E-state index contributed by atoms with van der Waals surface area (Å²) in [6.45, 7) is 0.413. The summed E-state index contributed by atoms with van der Waals surface area (Å²) in [6.07, 6.45) is 0.571. The highest BCUT2D eigenvalue weighted by Gasteiger charge is 2.28. The predicted octanol–water partition coefficient (Wildman–Crippen LogP) is 2.27. The number of carbonyl (C=O) groups is 1. The molecule has 1 fully saturated rings. The number of sulfonamides is 1. The number of aromatic nitrogens is 3. The monoisotopic (exact) mass is 413 g/mol. The highest BCUT2D eigenvalue weighted by atomic mass is 32.2. The fraction of sp³-hybridized carbons (Fsp3) is 0.211. The molecule has 0 radical (unpaired) electrons. The van der Waals surface area contributed by atoms with Crippen molar-refractivity contribution in [3.8, 4) is 17.1 Å². The molecule has 2 N–H and O–H groups in total. The number of aromatic amines is 1. The Morgan fingerprint density at radius 1 is 1.21 bits per heavy atom. The average molecular weight is 413 g/mol. The number of amides is 1. The second kappa shape index (κ2) is 7.55. The van der Waals surface area contributed by atoms with Crippen molar-refractivity contribution in [1.29, 1.82) is 0 Å². The first-order chi connectivity index (χ1) is 14.0. The van der Waals surface area contributed by atoms with Crippen LogP contribution in [-0.4, -0.2) is 48.9 Å². The van der Waals surface area contributed by atoms with Gasteiger partial charge in [-0.25, -0.2) is 8.42 Å². The first-order valence-electron chi connectivity index (χ1n) is 8.95. The molecular formula is C19H19N5O4S. The Labute approximate surface area is 167 Å². The van der Waals surface area contributed by atoms with Crippen molar-refractivity contribution in [2.45, 2.75) is 6.42 Å². The zero-order chi connectivity index (χ0) is 20.4. The van der Waals surface area contributed by atoms with E-state index in [1.54, 1.807) is 37.4 Å². The second-order valence-corrected chi connectivity index (χ2v) is 8.47. The predicted molar refractivity (Wildman–Crippen MR) is 109 cm³/mol. The maximum Gasteiger partial charge on any atom is 0.258 e. The second-order valence-electron chi connectivity index (χ2n) is 6.45. The van der Waals surface area contributed by atoms with E-state index in [0.29, 0.717) is 41.4 Å². The third-order valence-corrected chi connectivity index (χ3v) is 6.44. The highest BCUT2D eigenvalue weighted by Crippen LogP contribution is 2.27. The lowest BCUT2D eigenvalue weighted by Crippen LogP contribution is -2.25. The smallest absolute Gasteiger partial charge is 0.258 e.